The van der Waals surface area contributed by atoms with Gasteiger partial charge in [-0.2, -0.15) is 0 Å². The maximum atomic E-state index is 11.5. The molecule has 1 atom stereocenters. The second-order valence-corrected chi connectivity index (χ2v) is 5.48. The van der Waals surface area contributed by atoms with Crippen molar-refractivity contribution in [2.75, 3.05) is 26.3 Å². The van der Waals surface area contributed by atoms with Gasteiger partial charge < -0.3 is 20.5 Å². The van der Waals surface area contributed by atoms with Gasteiger partial charge in [0, 0.05) is 17.6 Å². The topological polar surface area (TPSA) is 70.6 Å². The normalized spacial score (nSPS) is 11.8. The summed E-state index contributed by atoms with van der Waals surface area (Å²) >= 11 is 3.36. The minimum Gasteiger partial charge on any atom is -0.492 e. The lowest BCUT2D eigenvalue weighted by molar-refractivity contribution is 0.230. The molecule has 0 bridgehead atoms. The standard InChI is InChI=1S/C14H21BrN2O3/c1-11(5-7-18)10-17-14(19)16-6-8-20-13-4-2-3-12(15)9-13/h2-4,9,11,18H,5-8,10H2,1H3,(H2,16,17,19). The molecule has 1 aromatic carbocycles. The van der Waals surface area contributed by atoms with Gasteiger partial charge in [0.25, 0.3) is 0 Å². The number of aliphatic hydroxyl groups excluding tert-OH is 1. The molecule has 0 aliphatic carbocycles. The first-order chi connectivity index (χ1) is 9.61. The molecule has 0 aliphatic heterocycles. The number of halogens is 1. The number of hydrogen-bond acceptors (Lipinski definition) is 3. The van der Waals surface area contributed by atoms with Crippen LogP contribution in [0, 0.1) is 5.92 Å². The quantitative estimate of drug-likeness (QED) is 0.633. The molecule has 0 aliphatic rings. The van der Waals surface area contributed by atoms with Crippen LogP contribution < -0.4 is 15.4 Å². The first kappa shape index (κ1) is 16.8. The number of urea groups is 1. The van der Waals surface area contributed by atoms with Gasteiger partial charge in [0.1, 0.15) is 12.4 Å². The monoisotopic (exact) mass is 344 g/mol. The number of rotatable bonds is 8. The molecule has 5 nitrogen and oxygen atoms in total. The molecule has 0 saturated heterocycles. The molecule has 0 aromatic heterocycles. The van der Waals surface area contributed by atoms with Gasteiger partial charge in [-0.25, -0.2) is 4.79 Å². The SMILES string of the molecule is CC(CCO)CNC(=O)NCCOc1cccc(Br)c1. The molecule has 1 aromatic rings. The molecule has 0 spiro atoms. The van der Waals surface area contributed by atoms with E-state index in [2.05, 4.69) is 26.6 Å². The molecular formula is C14H21BrN2O3. The molecular weight excluding hydrogens is 324 g/mol. The summed E-state index contributed by atoms with van der Waals surface area (Å²) in [6.07, 6.45) is 0.687. The summed E-state index contributed by atoms with van der Waals surface area (Å²) in [5.41, 5.74) is 0. The summed E-state index contributed by atoms with van der Waals surface area (Å²) in [5, 5.41) is 14.2. The van der Waals surface area contributed by atoms with Crippen LogP contribution >= 0.6 is 15.9 Å². The van der Waals surface area contributed by atoms with Gasteiger partial charge in [-0.05, 0) is 30.5 Å². The largest absolute Gasteiger partial charge is 0.492 e. The fourth-order valence-corrected chi connectivity index (χ4v) is 1.92. The second-order valence-electron chi connectivity index (χ2n) is 4.56. The average Bonchev–Trinajstić information content (AvgIpc) is 2.42. The Morgan fingerprint density at radius 3 is 2.95 bits per heavy atom. The van der Waals surface area contributed by atoms with E-state index in [-0.39, 0.29) is 18.6 Å². The third-order valence-electron chi connectivity index (χ3n) is 2.69. The maximum Gasteiger partial charge on any atom is 0.314 e. The Labute approximate surface area is 127 Å². The lowest BCUT2D eigenvalue weighted by atomic mass is 10.1. The molecule has 6 heteroatoms. The van der Waals surface area contributed by atoms with Crippen LogP contribution in [0.1, 0.15) is 13.3 Å². The van der Waals surface area contributed by atoms with E-state index in [0.717, 1.165) is 10.2 Å². The average molecular weight is 345 g/mol. The first-order valence-electron chi connectivity index (χ1n) is 6.62. The van der Waals surface area contributed by atoms with Crippen molar-refractivity contribution in [2.45, 2.75) is 13.3 Å². The molecule has 2 amide bonds. The number of carbonyl (C=O) groups is 1. The molecule has 1 rings (SSSR count). The van der Waals surface area contributed by atoms with Gasteiger partial charge >= 0.3 is 6.03 Å². The fourth-order valence-electron chi connectivity index (χ4n) is 1.54. The van der Waals surface area contributed by atoms with Crippen LogP contribution in [0.4, 0.5) is 4.79 Å². The number of benzene rings is 1. The van der Waals surface area contributed by atoms with Crippen LogP contribution in [-0.4, -0.2) is 37.4 Å². The van der Waals surface area contributed by atoms with Crippen molar-refractivity contribution in [3.8, 4) is 5.75 Å². The van der Waals surface area contributed by atoms with Gasteiger partial charge in [-0.3, -0.25) is 0 Å². The lowest BCUT2D eigenvalue weighted by Gasteiger charge is -2.12. The smallest absolute Gasteiger partial charge is 0.314 e. The van der Waals surface area contributed by atoms with Crippen LogP contribution in [0.25, 0.3) is 0 Å². The molecule has 1 unspecified atom stereocenters. The minimum atomic E-state index is -0.215. The summed E-state index contributed by atoms with van der Waals surface area (Å²) in [6, 6.07) is 7.33. The van der Waals surface area contributed by atoms with Crippen molar-refractivity contribution in [3.63, 3.8) is 0 Å². The Bertz CT molecular complexity index is 415. The second kappa shape index (κ2) is 9.61. The van der Waals surface area contributed by atoms with Gasteiger partial charge in [-0.1, -0.05) is 28.9 Å². The van der Waals surface area contributed by atoms with Crippen LogP contribution in [0.15, 0.2) is 28.7 Å². The zero-order valence-corrected chi connectivity index (χ0v) is 13.1. The van der Waals surface area contributed by atoms with E-state index < -0.39 is 0 Å². The van der Waals surface area contributed by atoms with Crippen LogP contribution in [0.5, 0.6) is 5.75 Å². The van der Waals surface area contributed by atoms with Gasteiger partial charge in [0.05, 0.1) is 6.54 Å². The Morgan fingerprint density at radius 2 is 2.25 bits per heavy atom. The van der Waals surface area contributed by atoms with Crippen molar-refractivity contribution in [2.24, 2.45) is 5.92 Å². The highest BCUT2D eigenvalue weighted by molar-refractivity contribution is 9.10. The van der Waals surface area contributed by atoms with E-state index in [1.54, 1.807) is 0 Å². The summed E-state index contributed by atoms with van der Waals surface area (Å²) in [5.74, 6) is 1.03. The number of nitrogens with one attached hydrogen (secondary N) is 2. The van der Waals surface area contributed by atoms with E-state index in [1.807, 2.05) is 31.2 Å². The summed E-state index contributed by atoms with van der Waals surface area (Å²) in [6.45, 7) is 3.53. The Hall–Kier alpha value is -1.27. The molecule has 0 saturated carbocycles. The first-order valence-corrected chi connectivity index (χ1v) is 7.42. The number of amides is 2. The minimum absolute atomic E-state index is 0.144. The number of carbonyl (C=O) groups excluding carboxylic acids is 1. The van der Waals surface area contributed by atoms with E-state index in [0.29, 0.717) is 26.1 Å². The van der Waals surface area contributed by atoms with E-state index in [1.165, 1.54) is 0 Å². The summed E-state index contributed by atoms with van der Waals surface area (Å²) < 4.78 is 6.45. The van der Waals surface area contributed by atoms with Gasteiger partial charge in [-0.15, -0.1) is 0 Å². The van der Waals surface area contributed by atoms with Crippen LogP contribution in [-0.2, 0) is 0 Å². The lowest BCUT2D eigenvalue weighted by Crippen LogP contribution is -2.39. The molecule has 20 heavy (non-hydrogen) atoms. The van der Waals surface area contributed by atoms with Crippen molar-refractivity contribution in [1.29, 1.82) is 0 Å². The van der Waals surface area contributed by atoms with Gasteiger partial charge in [0.15, 0.2) is 0 Å². The van der Waals surface area contributed by atoms with E-state index in [9.17, 15) is 4.79 Å². The Balaban J connectivity index is 2.10. The predicted molar refractivity (Wildman–Crippen MR) is 81.9 cm³/mol. The zero-order chi connectivity index (χ0) is 14.8. The van der Waals surface area contributed by atoms with E-state index >= 15 is 0 Å². The Kier molecular flexibility index (Phi) is 8.06. The summed E-state index contributed by atoms with van der Waals surface area (Å²) in [7, 11) is 0. The fraction of sp³-hybridized carbons (Fsp3) is 0.500. The third-order valence-corrected chi connectivity index (χ3v) is 3.18. The zero-order valence-electron chi connectivity index (χ0n) is 11.6. The predicted octanol–water partition coefficient (Wildman–Crippen LogP) is 2.15. The highest BCUT2D eigenvalue weighted by Gasteiger charge is 2.04. The molecule has 0 fully saturated rings. The number of aliphatic hydroxyl groups is 1. The van der Waals surface area contributed by atoms with Crippen molar-refractivity contribution >= 4 is 22.0 Å². The van der Waals surface area contributed by atoms with Crippen molar-refractivity contribution in [1.82, 2.24) is 10.6 Å². The third kappa shape index (κ3) is 7.35. The van der Waals surface area contributed by atoms with Gasteiger partial charge in [0.2, 0.25) is 0 Å². The molecule has 112 valence electrons. The molecule has 3 N–H and O–H groups in total. The van der Waals surface area contributed by atoms with Crippen molar-refractivity contribution in [3.05, 3.63) is 28.7 Å². The van der Waals surface area contributed by atoms with Crippen LogP contribution in [0.2, 0.25) is 0 Å². The maximum absolute atomic E-state index is 11.5. The highest BCUT2D eigenvalue weighted by Crippen LogP contribution is 2.17. The summed E-state index contributed by atoms with van der Waals surface area (Å²) in [4.78, 5) is 11.5. The van der Waals surface area contributed by atoms with Crippen LogP contribution in [0.3, 0.4) is 0 Å². The highest BCUT2D eigenvalue weighted by atomic mass is 79.9. The van der Waals surface area contributed by atoms with Crippen molar-refractivity contribution < 1.29 is 14.6 Å². The van der Waals surface area contributed by atoms with E-state index in [4.69, 9.17) is 9.84 Å². The molecule has 0 heterocycles. The number of ether oxygens (including phenoxy) is 1. The number of hydrogen-bond donors (Lipinski definition) is 3. The molecule has 0 radical (unpaired) electrons. The Morgan fingerprint density at radius 1 is 1.45 bits per heavy atom.